The Kier molecular flexibility index (Phi) is 3.83. The van der Waals surface area contributed by atoms with Crippen LogP contribution >= 0.6 is 0 Å². The highest BCUT2D eigenvalue weighted by Crippen LogP contribution is 2.26. The van der Waals surface area contributed by atoms with Crippen molar-refractivity contribution in [3.8, 4) is 11.1 Å². The number of carbonyl (C=O) groups is 1. The molecular weight excluding hydrogens is 314 g/mol. The maximum absolute atomic E-state index is 11.9. The van der Waals surface area contributed by atoms with Crippen LogP contribution in [0.25, 0.3) is 11.1 Å². The fourth-order valence-corrected chi connectivity index (χ4v) is 3.09. The third kappa shape index (κ3) is 2.93. The van der Waals surface area contributed by atoms with Gasteiger partial charge in [0.2, 0.25) is 0 Å². The number of fused-ring (bicyclic) bond motifs is 1. The highest BCUT2D eigenvalue weighted by atomic mass is 32.2. The molecule has 1 aliphatic heterocycles. The highest BCUT2D eigenvalue weighted by Gasteiger charge is 2.20. The van der Waals surface area contributed by atoms with Crippen molar-refractivity contribution < 1.29 is 13.2 Å². The van der Waals surface area contributed by atoms with Crippen molar-refractivity contribution in [3.05, 3.63) is 47.8 Å². The van der Waals surface area contributed by atoms with Crippen LogP contribution in [0.15, 0.2) is 46.5 Å². The molecule has 0 saturated carbocycles. The van der Waals surface area contributed by atoms with Crippen LogP contribution in [0.5, 0.6) is 0 Å². The number of hydrogen-bond donors (Lipinski definition) is 1. The van der Waals surface area contributed by atoms with E-state index in [0.29, 0.717) is 22.4 Å². The number of nitrogens with two attached hydrogens (primary N) is 1. The van der Waals surface area contributed by atoms with Crippen LogP contribution in [0.2, 0.25) is 0 Å². The smallest absolute Gasteiger partial charge is 0.184 e. The summed E-state index contributed by atoms with van der Waals surface area (Å²) in [6.07, 6.45) is 4.03. The van der Waals surface area contributed by atoms with E-state index in [1.807, 2.05) is 0 Å². The number of Topliss-reactive ketones (excluding diaryl/α,β-unsaturated/α-hetero) is 1. The SMILES string of the molecule is CS(=O)(=O)c1cncc(-c2ccc3c(c2)C(CN)=NCC3=O)c1. The van der Waals surface area contributed by atoms with E-state index in [-0.39, 0.29) is 23.8 Å². The van der Waals surface area contributed by atoms with E-state index in [9.17, 15) is 13.2 Å². The van der Waals surface area contributed by atoms with Crippen molar-refractivity contribution in [2.75, 3.05) is 19.3 Å². The summed E-state index contributed by atoms with van der Waals surface area (Å²) < 4.78 is 23.3. The molecule has 118 valence electrons. The molecule has 2 aromatic rings. The molecule has 0 radical (unpaired) electrons. The van der Waals surface area contributed by atoms with Gasteiger partial charge in [-0.05, 0) is 17.7 Å². The molecule has 0 spiro atoms. The zero-order valence-corrected chi connectivity index (χ0v) is 13.3. The topological polar surface area (TPSA) is 102 Å². The van der Waals surface area contributed by atoms with Crippen molar-refractivity contribution in [3.63, 3.8) is 0 Å². The number of sulfone groups is 1. The number of rotatable bonds is 3. The van der Waals surface area contributed by atoms with E-state index < -0.39 is 9.84 Å². The van der Waals surface area contributed by atoms with Crippen molar-refractivity contribution in [1.29, 1.82) is 0 Å². The zero-order chi connectivity index (χ0) is 16.6. The second-order valence-corrected chi connectivity index (χ2v) is 7.35. The predicted molar refractivity (Wildman–Crippen MR) is 87.6 cm³/mol. The molecule has 1 aromatic heterocycles. The molecule has 0 fully saturated rings. The van der Waals surface area contributed by atoms with Crippen LogP contribution in [-0.2, 0) is 9.84 Å². The molecule has 0 aliphatic carbocycles. The molecule has 2 N–H and O–H groups in total. The number of hydrogen-bond acceptors (Lipinski definition) is 6. The van der Waals surface area contributed by atoms with Crippen molar-refractivity contribution >= 4 is 21.3 Å². The van der Waals surface area contributed by atoms with Gasteiger partial charge >= 0.3 is 0 Å². The molecular formula is C16H15N3O3S. The Hall–Kier alpha value is -2.38. The number of carbonyl (C=O) groups excluding carboxylic acids is 1. The van der Waals surface area contributed by atoms with Crippen LogP contribution in [0, 0.1) is 0 Å². The van der Waals surface area contributed by atoms with Crippen LogP contribution in [0.3, 0.4) is 0 Å². The lowest BCUT2D eigenvalue weighted by Crippen LogP contribution is -2.24. The van der Waals surface area contributed by atoms with Crippen LogP contribution in [0.4, 0.5) is 0 Å². The maximum Gasteiger partial charge on any atom is 0.184 e. The summed E-state index contributed by atoms with van der Waals surface area (Å²) in [6, 6.07) is 6.87. The first-order valence-corrected chi connectivity index (χ1v) is 8.86. The van der Waals surface area contributed by atoms with Gasteiger partial charge in [-0.2, -0.15) is 0 Å². The van der Waals surface area contributed by atoms with Crippen LogP contribution in [-0.4, -0.2) is 44.2 Å². The van der Waals surface area contributed by atoms with Gasteiger partial charge in [0, 0.05) is 41.9 Å². The van der Waals surface area contributed by atoms with Crippen molar-refractivity contribution in [1.82, 2.24) is 4.98 Å². The molecule has 0 amide bonds. The van der Waals surface area contributed by atoms with Gasteiger partial charge in [0.1, 0.15) is 6.54 Å². The van der Waals surface area contributed by atoms with E-state index in [1.54, 1.807) is 30.5 Å². The van der Waals surface area contributed by atoms with Crippen LogP contribution in [0.1, 0.15) is 15.9 Å². The van der Waals surface area contributed by atoms with Gasteiger partial charge in [0.25, 0.3) is 0 Å². The fraction of sp³-hybridized carbons (Fsp3) is 0.188. The molecule has 0 saturated heterocycles. The largest absolute Gasteiger partial charge is 0.325 e. The first-order valence-electron chi connectivity index (χ1n) is 6.96. The summed E-state index contributed by atoms with van der Waals surface area (Å²) in [5, 5.41) is 0. The van der Waals surface area contributed by atoms with Gasteiger partial charge in [0.05, 0.1) is 10.6 Å². The molecule has 1 aromatic carbocycles. The lowest BCUT2D eigenvalue weighted by atomic mass is 9.93. The summed E-state index contributed by atoms with van der Waals surface area (Å²) in [7, 11) is -3.34. The molecule has 7 heteroatoms. The molecule has 2 heterocycles. The lowest BCUT2D eigenvalue weighted by Gasteiger charge is -2.16. The number of pyridine rings is 1. The minimum absolute atomic E-state index is 0.0493. The number of aliphatic imine (C=N–C) groups is 1. The monoisotopic (exact) mass is 329 g/mol. The Balaban J connectivity index is 2.13. The van der Waals surface area contributed by atoms with E-state index >= 15 is 0 Å². The van der Waals surface area contributed by atoms with Gasteiger partial charge < -0.3 is 5.73 Å². The average molecular weight is 329 g/mol. The van der Waals surface area contributed by atoms with E-state index in [2.05, 4.69) is 9.98 Å². The van der Waals surface area contributed by atoms with Gasteiger partial charge in [-0.15, -0.1) is 0 Å². The molecule has 0 atom stereocenters. The van der Waals surface area contributed by atoms with E-state index in [4.69, 9.17) is 5.73 Å². The summed E-state index contributed by atoms with van der Waals surface area (Å²) >= 11 is 0. The Morgan fingerprint density at radius 1 is 1.13 bits per heavy atom. The van der Waals surface area contributed by atoms with Gasteiger partial charge in [-0.1, -0.05) is 12.1 Å². The Labute approximate surface area is 134 Å². The average Bonchev–Trinajstić information content (AvgIpc) is 2.54. The summed E-state index contributed by atoms with van der Waals surface area (Å²) in [5.74, 6) is -0.0493. The summed E-state index contributed by atoms with van der Waals surface area (Å²) in [4.78, 5) is 20.3. The van der Waals surface area contributed by atoms with Crippen molar-refractivity contribution in [2.45, 2.75) is 4.90 Å². The second-order valence-electron chi connectivity index (χ2n) is 5.33. The molecule has 3 rings (SSSR count). The quantitative estimate of drug-likeness (QED) is 0.908. The first kappa shape index (κ1) is 15.5. The lowest BCUT2D eigenvalue weighted by molar-refractivity contribution is 0.1000. The molecule has 1 aliphatic rings. The third-order valence-electron chi connectivity index (χ3n) is 3.71. The minimum Gasteiger partial charge on any atom is -0.325 e. The minimum atomic E-state index is -3.34. The molecule has 6 nitrogen and oxygen atoms in total. The zero-order valence-electron chi connectivity index (χ0n) is 12.5. The predicted octanol–water partition coefficient (Wildman–Crippen LogP) is 1.10. The second kappa shape index (κ2) is 5.68. The number of ketones is 1. The molecule has 0 unspecified atom stereocenters. The number of nitrogens with zero attached hydrogens (tertiary/aromatic N) is 2. The third-order valence-corrected chi connectivity index (χ3v) is 4.79. The highest BCUT2D eigenvalue weighted by molar-refractivity contribution is 7.90. The number of benzene rings is 1. The van der Waals surface area contributed by atoms with Crippen molar-refractivity contribution in [2.24, 2.45) is 10.7 Å². The van der Waals surface area contributed by atoms with E-state index in [1.165, 1.54) is 6.20 Å². The number of aromatic nitrogens is 1. The summed E-state index contributed by atoms with van der Waals surface area (Å²) in [5.41, 5.74) is 9.09. The Morgan fingerprint density at radius 2 is 1.91 bits per heavy atom. The van der Waals surface area contributed by atoms with Crippen LogP contribution < -0.4 is 5.73 Å². The Morgan fingerprint density at radius 3 is 2.61 bits per heavy atom. The molecule has 23 heavy (non-hydrogen) atoms. The normalized spacial score (nSPS) is 14.3. The van der Waals surface area contributed by atoms with E-state index in [0.717, 1.165) is 11.8 Å². The maximum atomic E-state index is 11.9. The molecule has 0 bridgehead atoms. The first-order chi connectivity index (χ1) is 10.9. The standard InChI is InChI=1S/C16H15N3O3S/c1-23(21,22)12-4-11(7-18-8-12)10-2-3-13-14(5-10)15(6-17)19-9-16(13)20/h2-5,7-8H,6,9,17H2,1H3. The van der Waals surface area contributed by atoms with Gasteiger partial charge in [-0.25, -0.2) is 8.42 Å². The van der Waals surface area contributed by atoms with Gasteiger partial charge in [-0.3, -0.25) is 14.8 Å². The summed E-state index contributed by atoms with van der Waals surface area (Å²) in [6.45, 7) is 0.357. The Bertz CT molecular complexity index is 933. The van der Waals surface area contributed by atoms with Gasteiger partial charge in [0.15, 0.2) is 15.6 Å². The fourth-order valence-electron chi connectivity index (χ4n) is 2.50.